The fourth-order valence-electron chi connectivity index (χ4n) is 3.10. The molecule has 1 heterocycles. The first-order valence-corrected chi connectivity index (χ1v) is 9.29. The quantitative estimate of drug-likeness (QED) is 0.609. The van der Waals surface area contributed by atoms with Crippen LogP contribution in [0.5, 0.6) is 0 Å². The summed E-state index contributed by atoms with van der Waals surface area (Å²) >= 11 is 0. The zero-order valence-corrected chi connectivity index (χ0v) is 15.4. The monoisotopic (exact) mass is 346 g/mol. The predicted molar refractivity (Wildman–Crippen MR) is 98.2 cm³/mol. The smallest absolute Gasteiger partial charge is 0.311 e. The number of ether oxygens (including phenoxy) is 1. The lowest BCUT2D eigenvalue weighted by atomic mass is 9.90. The molecule has 1 aliphatic rings. The lowest BCUT2D eigenvalue weighted by Gasteiger charge is -2.31. The standard InChI is InChI=1S/C20H30N2O3/c1-16(2)25-14-6-11-21-19(23)20(24)22-12-9-18(10-13-22)15-17-7-4-3-5-8-17/h3-5,7-8,16,18H,6,9-15H2,1-2H3,(H,21,23). The Labute approximate surface area is 150 Å². The molecule has 1 aliphatic heterocycles. The van der Waals surface area contributed by atoms with Crippen LogP contribution in [0.4, 0.5) is 0 Å². The second kappa shape index (κ2) is 10.2. The molecule has 0 aliphatic carbocycles. The highest BCUT2D eigenvalue weighted by Gasteiger charge is 2.26. The van der Waals surface area contributed by atoms with Crippen molar-refractivity contribution in [1.29, 1.82) is 0 Å². The molecule has 0 unspecified atom stereocenters. The van der Waals surface area contributed by atoms with Gasteiger partial charge in [-0.25, -0.2) is 0 Å². The van der Waals surface area contributed by atoms with Crippen molar-refractivity contribution < 1.29 is 14.3 Å². The van der Waals surface area contributed by atoms with Gasteiger partial charge in [0.05, 0.1) is 6.10 Å². The number of nitrogens with one attached hydrogen (secondary N) is 1. The third-order valence-electron chi connectivity index (χ3n) is 4.52. The molecule has 1 saturated heterocycles. The summed E-state index contributed by atoms with van der Waals surface area (Å²) < 4.78 is 5.41. The van der Waals surface area contributed by atoms with E-state index in [2.05, 4.69) is 29.6 Å². The van der Waals surface area contributed by atoms with Gasteiger partial charge in [-0.15, -0.1) is 0 Å². The highest BCUT2D eigenvalue weighted by Crippen LogP contribution is 2.21. The number of piperidine rings is 1. The lowest BCUT2D eigenvalue weighted by Crippen LogP contribution is -2.46. The van der Waals surface area contributed by atoms with Gasteiger partial charge in [-0.3, -0.25) is 9.59 Å². The van der Waals surface area contributed by atoms with Crippen LogP contribution in [-0.4, -0.2) is 49.1 Å². The van der Waals surface area contributed by atoms with Gasteiger partial charge in [-0.05, 0) is 51.0 Å². The fourth-order valence-corrected chi connectivity index (χ4v) is 3.10. The minimum Gasteiger partial charge on any atom is -0.379 e. The van der Waals surface area contributed by atoms with Crippen LogP contribution >= 0.6 is 0 Å². The zero-order chi connectivity index (χ0) is 18.1. The normalized spacial score (nSPS) is 15.4. The molecule has 2 amide bonds. The van der Waals surface area contributed by atoms with Crippen molar-refractivity contribution in [2.75, 3.05) is 26.2 Å². The second-order valence-electron chi connectivity index (χ2n) is 6.95. The van der Waals surface area contributed by atoms with Gasteiger partial charge >= 0.3 is 11.8 Å². The summed E-state index contributed by atoms with van der Waals surface area (Å²) in [5.41, 5.74) is 1.34. The summed E-state index contributed by atoms with van der Waals surface area (Å²) in [6.07, 6.45) is 3.86. The predicted octanol–water partition coefficient (Wildman–Crippen LogP) is 2.40. The van der Waals surface area contributed by atoms with E-state index in [0.29, 0.717) is 32.2 Å². The van der Waals surface area contributed by atoms with E-state index in [9.17, 15) is 9.59 Å². The highest BCUT2D eigenvalue weighted by atomic mass is 16.5. The van der Waals surface area contributed by atoms with Crippen LogP contribution in [0.3, 0.4) is 0 Å². The van der Waals surface area contributed by atoms with Crippen molar-refractivity contribution in [2.45, 2.75) is 45.6 Å². The molecule has 0 atom stereocenters. The van der Waals surface area contributed by atoms with Crippen LogP contribution in [0, 0.1) is 5.92 Å². The SMILES string of the molecule is CC(C)OCCCNC(=O)C(=O)N1CCC(Cc2ccccc2)CC1. The molecule has 5 nitrogen and oxygen atoms in total. The molecule has 0 aromatic heterocycles. The van der Waals surface area contributed by atoms with Gasteiger partial charge in [0.1, 0.15) is 0 Å². The van der Waals surface area contributed by atoms with Crippen molar-refractivity contribution in [3.63, 3.8) is 0 Å². The van der Waals surface area contributed by atoms with E-state index in [0.717, 1.165) is 25.7 Å². The van der Waals surface area contributed by atoms with E-state index in [1.54, 1.807) is 4.90 Å². The fraction of sp³-hybridized carbons (Fsp3) is 0.600. The van der Waals surface area contributed by atoms with E-state index in [1.165, 1.54) is 5.56 Å². The molecule has 1 aromatic carbocycles. The van der Waals surface area contributed by atoms with Crippen LogP contribution in [0.1, 0.15) is 38.7 Å². The first kappa shape index (κ1) is 19.4. The maximum Gasteiger partial charge on any atom is 0.311 e. The van der Waals surface area contributed by atoms with Crippen molar-refractivity contribution in [1.82, 2.24) is 10.2 Å². The van der Waals surface area contributed by atoms with Gasteiger partial charge in [0.15, 0.2) is 0 Å². The molecule has 0 radical (unpaired) electrons. The summed E-state index contributed by atoms with van der Waals surface area (Å²) in [7, 11) is 0. The molecule has 1 aromatic rings. The van der Waals surface area contributed by atoms with E-state index in [-0.39, 0.29) is 6.10 Å². The van der Waals surface area contributed by atoms with E-state index in [1.807, 2.05) is 19.9 Å². The Kier molecular flexibility index (Phi) is 7.92. The first-order valence-electron chi connectivity index (χ1n) is 9.29. The molecule has 25 heavy (non-hydrogen) atoms. The van der Waals surface area contributed by atoms with Crippen LogP contribution in [0.15, 0.2) is 30.3 Å². The van der Waals surface area contributed by atoms with Crippen molar-refractivity contribution in [2.24, 2.45) is 5.92 Å². The topological polar surface area (TPSA) is 58.6 Å². The maximum absolute atomic E-state index is 12.2. The average Bonchev–Trinajstić information content (AvgIpc) is 2.62. The minimum atomic E-state index is -0.494. The van der Waals surface area contributed by atoms with Gasteiger partial charge in [0.2, 0.25) is 0 Å². The molecule has 0 bridgehead atoms. The van der Waals surface area contributed by atoms with E-state index in [4.69, 9.17) is 4.74 Å². The summed E-state index contributed by atoms with van der Waals surface area (Å²) in [5.74, 6) is -0.309. The molecule has 5 heteroatoms. The number of benzene rings is 1. The Hall–Kier alpha value is -1.88. The Bertz CT molecular complexity index is 537. The summed E-state index contributed by atoms with van der Waals surface area (Å²) in [6.45, 7) is 6.35. The molecule has 0 spiro atoms. The molecule has 1 N–H and O–H groups in total. The highest BCUT2D eigenvalue weighted by molar-refractivity contribution is 6.35. The van der Waals surface area contributed by atoms with Gasteiger partial charge in [-0.2, -0.15) is 0 Å². The summed E-state index contributed by atoms with van der Waals surface area (Å²) in [5, 5.41) is 2.69. The van der Waals surface area contributed by atoms with Crippen LogP contribution < -0.4 is 5.32 Å². The number of likely N-dealkylation sites (tertiary alicyclic amines) is 1. The molecular weight excluding hydrogens is 316 g/mol. The summed E-state index contributed by atoms with van der Waals surface area (Å²) in [4.78, 5) is 25.9. The van der Waals surface area contributed by atoms with Crippen molar-refractivity contribution in [3.8, 4) is 0 Å². The Morgan fingerprint density at radius 3 is 2.52 bits per heavy atom. The summed E-state index contributed by atoms with van der Waals surface area (Å²) in [6, 6.07) is 10.4. The Morgan fingerprint density at radius 1 is 1.20 bits per heavy atom. The van der Waals surface area contributed by atoms with Crippen molar-refractivity contribution in [3.05, 3.63) is 35.9 Å². The van der Waals surface area contributed by atoms with Crippen LogP contribution in [0.2, 0.25) is 0 Å². The maximum atomic E-state index is 12.2. The van der Waals surface area contributed by atoms with Crippen LogP contribution in [0.25, 0.3) is 0 Å². The number of carbonyl (C=O) groups is 2. The number of amides is 2. The second-order valence-corrected chi connectivity index (χ2v) is 6.95. The van der Waals surface area contributed by atoms with Gasteiger partial charge in [-0.1, -0.05) is 30.3 Å². The minimum absolute atomic E-state index is 0.189. The largest absolute Gasteiger partial charge is 0.379 e. The number of hydrogen-bond donors (Lipinski definition) is 1. The van der Waals surface area contributed by atoms with Gasteiger partial charge < -0.3 is 15.0 Å². The molecular formula is C20H30N2O3. The first-order chi connectivity index (χ1) is 12.1. The third kappa shape index (κ3) is 6.86. The lowest BCUT2D eigenvalue weighted by molar-refractivity contribution is -0.146. The number of rotatable bonds is 7. The molecule has 2 rings (SSSR count). The zero-order valence-electron chi connectivity index (χ0n) is 15.4. The third-order valence-corrected chi connectivity index (χ3v) is 4.52. The molecule has 1 fully saturated rings. The van der Waals surface area contributed by atoms with Crippen LogP contribution in [-0.2, 0) is 20.7 Å². The number of carbonyl (C=O) groups excluding carboxylic acids is 2. The van der Waals surface area contributed by atoms with Gasteiger partial charge in [0.25, 0.3) is 0 Å². The molecule has 0 saturated carbocycles. The van der Waals surface area contributed by atoms with E-state index >= 15 is 0 Å². The van der Waals surface area contributed by atoms with Gasteiger partial charge in [0, 0.05) is 26.2 Å². The van der Waals surface area contributed by atoms with Crippen molar-refractivity contribution >= 4 is 11.8 Å². The average molecular weight is 346 g/mol. The number of hydrogen-bond acceptors (Lipinski definition) is 3. The number of nitrogens with zero attached hydrogens (tertiary/aromatic N) is 1. The van der Waals surface area contributed by atoms with E-state index < -0.39 is 11.8 Å². The Morgan fingerprint density at radius 2 is 1.88 bits per heavy atom. The molecule has 138 valence electrons. The Balaban J connectivity index is 1.65.